The molecule has 5 rings (SSSR count). The third kappa shape index (κ3) is 6.30. The highest BCUT2D eigenvalue weighted by atomic mass is 16.5. The maximum Gasteiger partial charge on any atom is 0.0594 e. The molecule has 1 saturated heterocycles. The summed E-state index contributed by atoms with van der Waals surface area (Å²) in [5, 5.41) is 8.04. The Kier molecular flexibility index (Phi) is 7.14. The van der Waals surface area contributed by atoms with Crippen molar-refractivity contribution < 1.29 is 4.74 Å². The van der Waals surface area contributed by atoms with Crippen LogP contribution in [0.3, 0.4) is 0 Å². The van der Waals surface area contributed by atoms with E-state index in [1.54, 1.807) is 0 Å². The van der Waals surface area contributed by atoms with E-state index in [0.29, 0.717) is 0 Å². The molecule has 0 radical (unpaired) electrons. The fourth-order valence-corrected chi connectivity index (χ4v) is 4.23. The zero-order valence-corrected chi connectivity index (χ0v) is 19.2. The van der Waals surface area contributed by atoms with Crippen LogP contribution in [0.15, 0.2) is 61.2 Å². The van der Waals surface area contributed by atoms with E-state index in [2.05, 4.69) is 73.7 Å². The van der Waals surface area contributed by atoms with Gasteiger partial charge in [-0.25, -0.2) is 0 Å². The Morgan fingerprint density at radius 3 is 2.73 bits per heavy atom. The first-order valence-corrected chi connectivity index (χ1v) is 12.1. The second-order valence-corrected chi connectivity index (χ2v) is 9.04. The van der Waals surface area contributed by atoms with E-state index in [-0.39, 0.29) is 0 Å². The molecule has 0 atom stereocenters. The van der Waals surface area contributed by atoms with Crippen molar-refractivity contribution in [2.75, 3.05) is 44.7 Å². The van der Waals surface area contributed by atoms with Crippen molar-refractivity contribution in [2.24, 2.45) is 5.92 Å². The largest absolute Gasteiger partial charge is 0.382 e. The number of anilines is 1. The highest BCUT2D eigenvalue weighted by Crippen LogP contribution is 2.31. The third-order valence-corrected chi connectivity index (χ3v) is 6.43. The molecule has 0 bridgehead atoms. The molecule has 172 valence electrons. The highest BCUT2D eigenvalue weighted by molar-refractivity contribution is 5.73. The molecule has 1 N–H and O–H groups in total. The van der Waals surface area contributed by atoms with E-state index in [1.807, 2.05) is 18.6 Å². The quantitative estimate of drug-likeness (QED) is 0.505. The van der Waals surface area contributed by atoms with Crippen LogP contribution in [0, 0.1) is 5.92 Å². The summed E-state index contributed by atoms with van der Waals surface area (Å²) in [4.78, 5) is 6.80. The van der Waals surface area contributed by atoms with Gasteiger partial charge in [-0.05, 0) is 54.5 Å². The fraction of sp³-hybridized carbons (Fsp3) is 0.407. The minimum Gasteiger partial charge on any atom is -0.382 e. The Bertz CT molecular complexity index is 1050. The normalized spacial score (nSPS) is 17.0. The van der Waals surface area contributed by atoms with E-state index in [0.717, 1.165) is 75.1 Å². The van der Waals surface area contributed by atoms with Crippen LogP contribution in [-0.4, -0.2) is 59.1 Å². The van der Waals surface area contributed by atoms with Gasteiger partial charge in [0.05, 0.1) is 19.4 Å². The summed E-state index contributed by atoms with van der Waals surface area (Å²) >= 11 is 0. The second kappa shape index (κ2) is 10.8. The van der Waals surface area contributed by atoms with Crippen molar-refractivity contribution in [3.8, 4) is 11.1 Å². The predicted octanol–water partition coefficient (Wildman–Crippen LogP) is 4.36. The number of ether oxygens (including phenoxy) is 1. The number of benzene rings is 1. The molecule has 0 unspecified atom stereocenters. The average Bonchev–Trinajstić information content (AvgIpc) is 3.56. The molecular weight excluding hydrogens is 410 g/mol. The molecule has 0 amide bonds. The predicted molar refractivity (Wildman–Crippen MR) is 133 cm³/mol. The third-order valence-electron chi connectivity index (χ3n) is 6.43. The molecule has 6 nitrogen and oxygen atoms in total. The average molecular weight is 444 g/mol. The SMILES string of the molecule is C(=C\c1cnccc1-c1cnn(CC2CC2)c1)/CNc1ccc(CCN2CCOCC2)cc1. The zero-order valence-electron chi connectivity index (χ0n) is 19.2. The van der Waals surface area contributed by atoms with Gasteiger partial charge in [0, 0.05) is 68.1 Å². The summed E-state index contributed by atoms with van der Waals surface area (Å²) in [5.74, 6) is 0.819. The molecule has 33 heavy (non-hydrogen) atoms. The summed E-state index contributed by atoms with van der Waals surface area (Å²) in [5.41, 5.74) is 5.96. The number of nitrogens with one attached hydrogen (secondary N) is 1. The molecule has 2 aromatic heterocycles. The van der Waals surface area contributed by atoms with Crippen LogP contribution in [0.2, 0.25) is 0 Å². The van der Waals surface area contributed by atoms with Gasteiger partial charge in [-0.2, -0.15) is 5.10 Å². The van der Waals surface area contributed by atoms with Gasteiger partial charge in [0.1, 0.15) is 0 Å². The summed E-state index contributed by atoms with van der Waals surface area (Å²) in [7, 11) is 0. The van der Waals surface area contributed by atoms with Gasteiger partial charge in [0.25, 0.3) is 0 Å². The maximum absolute atomic E-state index is 5.42. The fourth-order valence-electron chi connectivity index (χ4n) is 4.23. The first-order chi connectivity index (χ1) is 16.3. The summed E-state index contributed by atoms with van der Waals surface area (Å²) in [6.45, 7) is 6.73. The molecule has 1 aliphatic heterocycles. The van der Waals surface area contributed by atoms with Crippen LogP contribution in [0.25, 0.3) is 17.2 Å². The Hall–Kier alpha value is -2.96. The summed E-state index contributed by atoms with van der Waals surface area (Å²) < 4.78 is 7.50. The molecule has 1 saturated carbocycles. The Morgan fingerprint density at radius 1 is 1.06 bits per heavy atom. The minimum absolute atomic E-state index is 0.766. The lowest BCUT2D eigenvalue weighted by Crippen LogP contribution is -2.37. The maximum atomic E-state index is 5.42. The Labute approximate surface area is 196 Å². The van der Waals surface area contributed by atoms with Crippen molar-refractivity contribution in [1.29, 1.82) is 0 Å². The van der Waals surface area contributed by atoms with Gasteiger partial charge in [0.2, 0.25) is 0 Å². The molecule has 0 spiro atoms. The topological polar surface area (TPSA) is 55.2 Å². The number of morpholine rings is 1. The lowest BCUT2D eigenvalue weighted by Gasteiger charge is -2.26. The van der Waals surface area contributed by atoms with Gasteiger partial charge in [-0.3, -0.25) is 14.6 Å². The van der Waals surface area contributed by atoms with Gasteiger partial charge in [0.15, 0.2) is 0 Å². The van der Waals surface area contributed by atoms with Crippen molar-refractivity contribution in [2.45, 2.75) is 25.8 Å². The highest BCUT2D eigenvalue weighted by Gasteiger charge is 2.22. The van der Waals surface area contributed by atoms with Crippen LogP contribution in [0.1, 0.15) is 24.0 Å². The minimum atomic E-state index is 0.766. The molecule has 1 aromatic carbocycles. The molecular formula is C27H33N5O. The Balaban J connectivity index is 1.12. The number of aromatic nitrogens is 3. The number of rotatable bonds is 10. The molecule has 6 heteroatoms. The van der Waals surface area contributed by atoms with Crippen LogP contribution in [0.4, 0.5) is 5.69 Å². The van der Waals surface area contributed by atoms with Crippen molar-refractivity contribution in [3.63, 3.8) is 0 Å². The van der Waals surface area contributed by atoms with Gasteiger partial charge >= 0.3 is 0 Å². The number of hydrogen-bond acceptors (Lipinski definition) is 5. The number of nitrogens with zero attached hydrogens (tertiary/aromatic N) is 4. The van der Waals surface area contributed by atoms with E-state index >= 15 is 0 Å². The second-order valence-electron chi connectivity index (χ2n) is 9.04. The lowest BCUT2D eigenvalue weighted by molar-refractivity contribution is 0.0384. The monoisotopic (exact) mass is 443 g/mol. The standard InChI is InChI=1S/C27H33N5O/c1(11-29-26-7-5-22(6-8-26)10-13-31-14-16-33-17-15-31)2-24-18-28-12-9-27(24)25-19-30-32(21-25)20-23-3-4-23/h1-2,5-9,12,18-19,21,23,29H,3-4,10-11,13-17,20H2/b2-1+. The first-order valence-electron chi connectivity index (χ1n) is 12.1. The van der Waals surface area contributed by atoms with Gasteiger partial charge in [-0.1, -0.05) is 24.3 Å². The van der Waals surface area contributed by atoms with Crippen molar-refractivity contribution >= 4 is 11.8 Å². The lowest BCUT2D eigenvalue weighted by atomic mass is 10.0. The van der Waals surface area contributed by atoms with Crippen LogP contribution >= 0.6 is 0 Å². The van der Waals surface area contributed by atoms with Crippen LogP contribution in [-0.2, 0) is 17.7 Å². The molecule has 2 fully saturated rings. The zero-order chi connectivity index (χ0) is 22.3. The van der Waals surface area contributed by atoms with Gasteiger partial charge in [-0.15, -0.1) is 0 Å². The molecule has 3 heterocycles. The summed E-state index contributed by atoms with van der Waals surface area (Å²) in [6.07, 6.45) is 16.0. The number of pyridine rings is 1. The van der Waals surface area contributed by atoms with E-state index in [1.165, 1.54) is 24.0 Å². The van der Waals surface area contributed by atoms with Gasteiger partial charge < -0.3 is 10.1 Å². The Morgan fingerprint density at radius 2 is 1.91 bits per heavy atom. The van der Waals surface area contributed by atoms with Crippen LogP contribution in [0.5, 0.6) is 0 Å². The smallest absolute Gasteiger partial charge is 0.0594 e. The van der Waals surface area contributed by atoms with E-state index in [9.17, 15) is 0 Å². The first kappa shape index (κ1) is 21.9. The molecule has 1 aliphatic carbocycles. The van der Waals surface area contributed by atoms with Crippen molar-refractivity contribution in [3.05, 3.63) is 72.3 Å². The van der Waals surface area contributed by atoms with E-state index in [4.69, 9.17) is 4.74 Å². The molecule has 2 aliphatic rings. The van der Waals surface area contributed by atoms with Crippen LogP contribution < -0.4 is 5.32 Å². The number of hydrogen-bond donors (Lipinski definition) is 1. The van der Waals surface area contributed by atoms with E-state index < -0.39 is 0 Å². The summed E-state index contributed by atoms with van der Waals surface area (Å²) in [6, 6.07) is 10.9. The van der Waals surface area contributed by atoms with Crippen molar-refractivity contribution in [1.82, 2.24) is 19.7 Å². The molecule has 3 aromatic rings.